The summed E-state index contributed by atoms with van der Waals surface area (Å²) in [5, 5.41) is 1.31. The van der Waals surface area contributed by atoms with Gasteiger partial charge >= 0.3 is 0 Å². The third-order valence-corrected chi connectivity index (χ3v) is 7.17. The molecule has 1 fully saturated rings. The van der Waals surface area contributed by atoms with E-state index in [1.807, 2.05) is 35.0 Å². The lowest BCUT2D eigenvalue weighted by molar-refractivity contribution is -0.122. The number of hydrogen-bond donors (Lipinski definition) is 0. The van der Waals surface area contributed by atoms with Gasteiger partial charge in [-0.15, -0.1) is 0 Å². The van der Waals surface area contributed by atoms with Crippen molar-refractivity contribution in [2.75, 3.05) is 20.3 Å². The number of thiocarbonyl (C=S) groups is 1. The molecule has 0 aliphatic carbocycles. The van der Waals surface area contributed by atoms with Crippen molar-refractivity contribution in [2.24, 2.45) is 0 Å². The van der Waals surface area contributed by atoms with E-state index in [9.17, 15) is 9.18 Å². The van der Waals surface area contributed by atoms with Crippen LogP contribution >= 0.6 is 51.5 Å². The summed E-state index contributed by atoms with van der Waals surface area (Å²) >= 11 is 16.4. The van der Waals surface area contributed by atoms with Crippen LogP contribution in [-0.4, -0.2) is 40.0 Å². The first-order valence-corrected chi connectivity index (χ1v) is 11.7. The molecule has 2 heterocycles. The van der Waals surface area contributed by atoms with Crippen LogP contribution in [0.15, 0.2) is 52.0 Å². The van der Waals surface area contributed by atoms with Crippen molar-refractivity contribution >= 4 is 78.7 Å². The molecule has 0 unspecified atom stereocenters. The summed E-state index contributed by atoms with van der Waals surface area (Å²) in [6, 6.07) is 10.5. The molecule has 1 aromatic heterocycles. The van der Waals surface area contributed by atoms with Crippen LogP contribution in [0.1, 0.15) is 11.1 Å². The van der Waals surface area contributed by atoms with Gasteiger partial charge in [0, 0.05) is 44.8 Å². The summed E-state index contributed by atoms with van der Waals surface area (Å²) in [4.78, 5) is 14.9. The van der Waals surface area contributed by atoms with Crippen molar-refractivity contribution in [3.05, 3.63) is 73.9 Å². The van der Waals surface area contributed by atoms with Gasteiger partial charge in [0.2, 0.25) is 0 Å². The lowest BCUT2D eigenvalue weighted by Crippen LogP contribution is -2.31. The number of benzene rings is 2. The number of carbonyl (C=O) groups is 1. The van der Waals surface area contributed by atoms with Crippen LogP contribution < -0.4 is 0 Å². The summed E-state index contributed by atoms with van der Waals surface area (Å²) < 4.78 is 22.8. The zero-order valence-corrected chi connectivity index (χ0v) is 20.4. The molecule has 160 valence electrons. The maximum Gasteiger partial charge on any atom is 0.266 e. The Kier molecular flexibility index (Phi) is 6.83. The molecule has 0 bridgehead atoms. The second-order valence-electron chi connectivity index (χ2n) is 6.90. The average Bonchev–Trinajstić information content (AvgIpc) is 3.20. The number of hydrogen-bond acceptors (Lipinski definition) is 4. The first kappa shape index (κ1) is 22.5. The largest absolute Gasteiger partial charge is 0.383 e. The first-order chi connectivity index (χ1) is 14.9. The van der Waals surface area contributed by atoms with Gasteiger partial charge in [-0.25, -0.2) is 4.39 Å². The number of rotatable bonds is 6. The summed E-state index contributed by atoms with van der Waals surface area (Å²) in [6.07, 6.45) is 3.74. The van der Waals surface area contributed by atoms with Crippen molar-refractivity contribution in [3.8, 4) is 0 Å². The number of methoxy groups -OCH3 is 1. The van der Waals surface area contributed by atoms with Crippen LogP contribution in [0.2, 0.25) is 5.02 Å². The molecule has 1 aliphatic rings. The molecule has 0 spiro atoms. The maximum absolute atomic E-state index is 14.4. The fourth-order valence-electron chi connectivity index (χ4n) is 3.41. The second kappa shape index (κ2) is 9.42. The minimum atomic E-state index is -0.355. The molecule has 1 amide bonds. The Bertz CT molecular complexity index is 1210. The summed E-state index contributed by atoms with van der Waals surface area (Å²) in [5.74, 6) is -0.493. The van der Waals surface area contributed by atoms with Gasteiger partial charge in [0.25, 0.3) is 5.91 Å². The van der Waals surface area contributed by atoms with E-state index in [-0.39, 0.29) is 18.3 Å². The van der Waals surface area contributed by atoms with E-state index < -0.39 is 0 Å². The van der Waals surface area contributed by atoms with Crippen molar-refractivity contribution in [2.45, 2.75) is 6.54 Å². The van der Waals surface area contributed by atoms with Gasteiger partial charge in [0.1, 0.15) is 10.1 Å². The highest BCUT2D eigenvalue weighted by Gasteiger charge is 2.31. The predicted molar refractivity (Wildman–Crippen MR) is 132 cm³/mol. The second-order valence-corrected chi connectivity index (χ2v) is 9.90. The third-order valence-electron chi connectivity index (χ3n) is 4.94. The molecule has 3 aromatic rings. The highest BCUT2D eigenvalue weighted by Crippen LogP contribution is 2.35. The van der Waals surface area contributed by atoms with Crippen LogP contribution in [0.4, 0.5) is 4.39 Å². The number of nitrogens with zero attached hydrogens (tertiary/aromatic N) is 2. The molecular formula is C22H17BrClFN2O2S2. The molecule has 0 radical (unpaired) electrons. The Morgan fingerprint density at radius 1 is 1.32 bits per heavy atom. The predicted octanol–water partition coefficient (Wildman–Crippen LogP) is 6.09. The zero-order chi connectivity index (χ0) is 22.1. The van der Waals surface area contributed by atoms with Crippen molar-refractivity contribution in [3.63, 3.8) is 0 Å². The van der Waals surface area contributed by atoms with E-state index in [4.69, 9.17) is 28.6 Å². The summed E-state index contributed by atoms with van der Waals surface area (Å²) in [7, 11) is 1.59. The van der Waals surface area contributed by atoms with Crippen molar-refractivity contribution < 1.29 is 13.9 Å². The molecule has 2 aromatic carbocycles. The fourth-order valence-corrected chi connectivity index (χ4v) is 5.30. The Hall–Kier alpha value is -1.71. The average molecular weight is 540 g/mol. The molecule has 1 aliphatic heterocycles. The molecule has 4 nitrogen and oxygen atoms in total. The van der Waals surface area contributed by atoms with Gasteiger partial charge in [0.15, 0.2) is 0 Å². The van der Waals surface area contributed by atoms with Crippen LogP contribution in [0.25, 0.3) is 17.0 Å². The van der Waals surface area contributed by atoms with Gasteiger partial charge in [-0.3, -0.25) is 9.69 Å². The quantitative estimate of drug-likeness (QED) is 0.280. The Morgan fingerprint density at radius 3 is 2.87 bits per heavy atom. The molecule has 0 atom stereocenters. The monoisotopic (exact) mass is 538 g/mol. The molecule has 0 N–H and O–H groups in total. The number of fused-ring (bicyclic) bond motifs is 1. The topological polar surface area (TPSA) is 34.5 Å². The fraction of sp³-hybridized carbons (Fsp3) is 0.182. The summed E-state index contributed by atoms with van der Waals surface area (Å²) in [6.45, 7) is 1.10. The van der Waals surface area contributed by atoms with E-state index in [0.717, 1.165) is 20.9 Å². The molecule has 9 heteroatoms. The Balaban J connectivity index is 1.76. The molecular weight excluding hydrogens is 523 g/mol. The third kappa shape index (κ3) is 4.59. The van der Waals surface area contributed by atoms with Crippen molar-refractivity contribution in [1.29, 1.82) is 0 Å². The van der Waals surface area contributed by atoms with Crippen LogP contribution in [0.3, 0.4) is 0 Å². The lowest BCUT2D eigenvalue weighted by Gasteiger charge is -2.12. The van der Waals surface area contributed by atoms with E-state index in [2.05, 4.69) is 15.9 Å². The highest BCUT2D eigenvalue weighted by molar-refractivity contribution is 9.10. The van der Waals surface area contributed by atoms with E-state index in [1.165, 1.54) is 17.8 Å². The maximum atomic E-state index is 14.4. The molecule has 4 rings (SSSR count). The number of halogens is 3. The highest BCUT2D eigenvalue weighted by atomic mass is 79.9. The Morgan fingerprint density at radius 2 is 2.13 bits per heavy atom. The SMILES string of the molecule is COCCN1C(=O)/C(=C/c2cn(Cc3c(F)cccc3Cl)c3ccc(Br)cc23)SC1=S. The van der Waals surface area contributed by atoms with Gasteiger partial charge in [-0.2, -0.15) is 0 Å². The normalized spacial score (nSPS) is 15.6. The van der Waals surface area contributed by atoms with E-state index in [1.54, 1.807) is 24.1 Å². The smallest absolute Gasteiger partial charge is 0.266 e. The van der Waals surface area contributed by atoms with Crippen LogP contribution in [0, 0.1) is 5.82 Å². The zero-order valence-electron chi connectivity index (χ0n) is 16.4. The number of ether oxygens (including phenoxy) is 1. The van der Waals surface area contributed by atoms with Gasteiger partial charge in [-0.05, 0) is 36.4 Å². The van der Waals surface area contributed by atoms with Gasteiger partial charge in [0.05, 0.1) is 24.6 Å². The lowest BCUT2D eigenvalue weighted by atomic mass is 10.1. The summed E-state index contributed by atoms with van der Waals surface area (Å²) in [5.41, 5.74) is 2.17. The number of amides is 1. The standard InChI is InChI=1S/C22H17BrClFN2O2S2/c1-29-8-7-27-21(28)20(31-22(27)30)9-13-11-26(19-6-5-14(23)10-15(13)19)12-16-17(24)3-2-4-18(16)25/h2-6,9-11H,7-8,12H2,1H3/b20-9-. The molecule has 1 saturated heterocycles. The van der Waals surface area contributed by atoms with Gasteiger partial charge < -0.3 is 9.30 Å². The van der Waals surface area contributed by atoms with Gasteiger partial charge in [-0.1, -0.05) is 57.6 Å². The number of carbonyl (C=O) groups excluding carboxylic acids is 1. The van der Waals surface area contributed by atoms with E-state index >= 15 is 0 Å². The van der Waals surface area contributed by atoms with E-state index in [0.29, 0.717) is 33.0 Å². The Labute approximate surface area is 202 Å². The minimum Gasteiger partial charge on any atom is -0.383 e. The van der Waals surface area contributed by atoms with Crippen molar-refractivity contribution in [1.82, 2.24) is 9.47 Å². The van der Waals surface area contributed by atoms with Crippen LogP contribution in [-0.2, 0) is 16.1 Å². The molecule has 31 heavy (non-hydrogen) atoms. The number of aromatic nitrogens is 1. The first-order valence-electron chi connectivity index (χ1n) is 9.34. The van der Waals surface area contributed by atoms with Crippen LogP contribution in [0.5, 0.6) is 0 Å². The molecule has 0 saturated carbocycles. The minimum absolute atomic E-state index is 0.139. The number of thioether (sulfide) groups is 1.